The molecule has 146 valence electrons. The summed E-state index contributed by atoms with van der Waals surface area (Å²) in [5, 5.41) is 5.29. The minimum atomic E-state index is -4.14. The van der Waals surface area contributed by atoms with Crippen LogP contribution in [0, 0.1) is 0 Å². The lowest BCUT2D eigenvalue weighted by molar-refractivity contribution is -0.143. The predicted octanol–water partition coefficient (Wildman–Crippen LogP) is 3.69. The highest BCUT2D eigenvalue weighted by Gasteiger charge is 2.28. The van der Waals surface area contributed by atoms with E-state index >= 15 is 0 Å². The minimum Gasteiger partial charge on any atom is -0.357 e. The van der Waals surface area contributed by atoms with Crippen LogP contribution in [0.25, 0.3) is 0 Å². The molecule has 1 rings (SSSR count). The topological polar surface area (TPSA) is 30.9 Å². The molecule has 0 saturated carbocycles. The molecule has 1 N–H and O–H groups in total. The Morgan fingerprint density at radius 2 is 2.00 bits per heavy atom. The SMILES string of the molecule is CCNC(=NCCCN(C)CC(F)(F)F)N(C)CCc1cccs1.I. The molecule has 1 aromatic heterocycles. The molecule has 1 heterocycles. The van der Waals surface area contributed by atoms with Crippen LogP contribution in [-0.2, 0) is 6.42 Å². The van der Waals surface area contributed by atoms with Crippen LogP contribution < -0.4 is 5.32 Å². The number of hydrogen-bond acceptors (Lipinski definition) is 3. The van der Waals surface area contributed by atoms with E-state index < -0.39 is 12.7 Å². The van der Waals surface area contributed by atoms with E-state index in [1.165, 1.54) is 16.8 Å². The van der Waals surface area contributed by atoms with Crippen molar-refractivity contribution in [1.82, 2.24) is 15.1 Å². The third-order valence-corrected chi connectivity index (χ3v) is 4.32. The number of guanidine groups is 1. The fourth-order valence-corrected chi connectivity index (χ4v) is 2.92. The van der Waals surface area contributed by atoms with Crippen LogP contribution in [0.4, 0.5) is 13.2 Å². The number of nitrogens with zero attached hydrogens (tertiary/aromatic N) is 3. The third-order valence-electron chi connectivity index (χ3n) is 3.38. The van der Waals surface area contributed by atoms with Gasteiger partial charge in [0.05, 0.1) is 6.54 Å². The maximum Gasteiger partial charge on any atom is 0.401 e. The number of aliphatic imine (C=N–C) groups is 1. The van der Waals surface area contributed by atoms with E-state index in [0.29, 0.717) is 19.5 Å². The lowest BCUT2D eigenvalue weighted by Gasteiger charge is -2.22. The fraction of sp³-hybridized carbons (Fsp3) is 0.688. The van der Waals surface area contributed by atoms with E-state index in [1.807, 2.05) is 20.0 Å². The van der Waals surface area contributed by atoms with Gasteiger partial charge >= 0.3 is 6.18 Å². The highest BCUT2D eigenvalue weighted by atomic mass is 127. The van der Waals surface area contributed by atoms with Gasteiger partial charge in [-0.15, -0.1) is 35.3 Å². The molecule has 0 spiro atoms. The second-order valence-electron chi connectivity index (χ2n) is 5.69. The van der Waals surface area contributed by atoms with Crippen molar-refractivity contribution >= 4 is 41.3 Å². The molecule has 0 unspecified atom stereocenters. The second-order valence-corrected chi connectivity index (χ2v) is 6.73. The first-order valence-corrected chi connectivity index (χ1v) is 8.97. The minimum absolute atomic E-state index is 0. The summed E-state index contributed by atoms with van der Waals surface area (Å²) in [6.07, 6.45) is -2.60. The van der Waals surface area contributed by atoms with Crippen LogP contribution in [-0.4, -0.2) is 68.8 Å². The van der Waals surface area contributed by atoms with Crippen molar-refractivity contribution < 1.29 is 13.2 Å². The third kappa shape index (κ3) is 11.6. The molecule has 0 aliphatic carbocycles. The molecule has 0 atom stereocenters. The fourth-order valence-electron chi connectivity index (χ4n) is 2.22. The number of hydrogen-bond donors (Lipinski definition) is 1. The van der Waals surface area contributed by atoms with Gasteiger partial charge in [0.25, 0.3) is 0 Å². The van der Waals surface area contributed by atoms with Crippen LogP contribution in [0.15, 0.2) is 22.5 Å². The quantitative estimate of drug-likeness (QED) is 0.247. The smallest absolute Gasteiger partial charge is 0.357 e. The van der Waals surface area contributed by atoms with Gasteiger partial charge in [0, 0.05) is 31.6 Å². The zero-order valence-corrected chi connectivity index (χ0v) is 18.1. The van der Waals surface area contributed by atoms with Gasteiger partial charge in [-0.2, -0.15) is 13.2 Å². The van der Waals surface area contributed by atoms with Gasteiger partial charge in [0.2, 0.25) is 0 Å². The lowest BCUT2D eigenvalue weighted by Crippen LogP contribution is -2.40. The van der Waals surface area contributed by atoms with E-state index in [2.05, 4.69) is 26.7 Å². The summed E-state index contributed by atoms with van der Waals surface area (Å²) >= 11 is 1.73. The van der Waals surface area contributed by atoms with E-state index in [1.54, 1.807) is 11.3 Å². The molecule has 0 aliphatic rings. The molecule has 0 fully saturated rings. The maximum absolute atomic E-state index is 12.3. The molecular formula is C16H28F3IN4S. The van der Waals surface area contributed by atoms with Crippen molar-refractivity contribution in [3.63, 3.8) is 0 Å². The number of halogens is 4. The molecule has 0 radical (unpaired) electrons. The van der Waals surface area contributed by atoms with Crippen molar-refractivity contribution in [2.45, 2.75) is 25.9 Å². The largest absolute Gasteiger partial charge is 0.401 e. The first-order valence-electron chi connectivity index (χ1n) is 8.09. The zero-order valence-electron chi connectivity index (χ0n) is 15.0. The Balaban J connectivity index is 0.00000576. The molecule has 0 amide bonds. The van der Waals surface area contributed by atoms with Gasteiger partial charge in [0.1, 0.15) is 0 Å². The van der Waals surface area contributed by atoms with E-state index in [0.717, 1.165) is 25.5 Å². The van der Waals surface area contributed by atoms with E-state index in [-0.39, 0.29) is 24.0 Å². The Hall–Kier alpha value is -0.550. The van der Waals surface area contributed by atoms with Crippen molar-refractivity contribution in [1.29, 1.82) is 0 Å². The first kappa shape index (κ1) is 24.5. The highest BCUT2D eigenvalue weighted by molar-refractivity contribution is 14.0. The Bertz CT molecular complexity index is 480. The Morgan fingerprint density at radius 1 is 1.28 bits per heavy atom. The lowest BCUT2D eigenvalue weighted by atomic mass is 10.3. The Labute approximate surface area is 169 Å². The monoisotopic (exact) mass is 492 g/mol. The number of alkyl halides is 3. The molecule has 4 nitrogen and oxygen atoms in total. The van der Waals surface area contributed by atoms with Crippen LogP contribution in [0.2, 0.25) is 0 Å². The summed E-state index contributed by atoms with van der Waals surface area (Å²) in [5.41, 5.74) is 0. The van der Waals surface area contributed by atoms with Crippen molar-refractivity contribution in [2.75, 3.05) is 46.8 Å². The van der Waals surface area contributed by atoms with Crippen LogP contribution >= 0.6 is 35.3 Å². The molecule has 0 aliphatic heterocycles. The average Bonchev–Trinajstić information content (AvgIpc) is 2.99. The van der Waals surface area contributed by atoms with Gasteiger partial charge in [-0.1, -0.05) is 6.07 Å². The van der Waals surface area contributed by atoms with Crippen LogP contribution in [0.3, 0.4) is 0 Å². The Morgan fingerprint density at radius 3 is 2.56 bits per heavy atom. The molecular weight excluding hydrogens is 464 g/mol. The molecule has 0 bridgehead atoms. The highest BCUT2D eigenvalue weighted by Crippen LogP contribution is 2.15. The number of nitrogens with one attached hydrogen (secondary N) is 1. The number of likely N-dealkylation sites (N-methyl/N-ethyl adjacent to an activating group) is 1. The summed E-state index contributed by atoms with van der Waals surface area (Å²) in [4.78, 5) is 9.17. The summed E-state index contributed by atoms with van der Waals surface area (Å²) in [6, 6.07) is 4.15. The summed E-state index contributed by atoms with van der Waals surface area (Å²) < 4.78 is 36.8. The average molecular weight is 492 g/mol. The number of thiophene rings is 1. The summed E-state index contributed by atoms with van der Waals surface area (Å²) in [7, 11) is 3.46. The maximum atomic E-state index is 12.3. The normalized spacial score (nSPS) is 12.2. The molecule has 0 aromatic carbocycles. The van der Waals surface area contributed by atoms with Gasteiger partial charge in [-0.3, -0.25) is 9.89 Å². The van der Waals surface area contributed by atoms with Crippen molar-refractivity contribution in [3.05, 3.63) is 22.4 Å². The van der Waals surface area contributed by atoms with Gasteiger partial charge in [-0.05, 0) is 44.8 Å². The zero-order chi connectivity index (χ0) is 18.0. The van der Waals surface area contributed by atoms with Crippen LogP contribution in [0.1, 0.15) is 18.2 Å². The van der Waals surface area contributed by atoms with E-state index in [4.69, 9.17) is 0 Å². The molecule has 1 aromatic rings. The van der Waals surface area contributed by atoms with E-state index in [9.17, 15) is 13.2 Å². The van der Waals surface area contributed by atoms with Gasteiger partial charge in [-0.25, -0.2) is 0 Å². The summed E-state index contributed by atoms with van der Waals surface area (Å²) in [6.45, 7) is 3.61. The van der Waals surface area contributed by atoms with Gasteiger partial charge in [0.15, 0.2) is 5.96 Å². The van der Waals surface area contributed by atoms with Crippen molar-refractivity contribution in [3.8, 4) is 0 Å². The predicted molar refractivity (Wildman–Crippen MR) is 110 cm³/mol. The van der Waals surface area contributed by atoms with Gasteiger partial charge < -0.3 is 10.2 Å². The molecule has 9 heteroatoms. The molecule has 25 heavy (non-hydrogen) atoms. The van der Waals surface area contributed by atoms with Crippen LogP contribution in [0.5, 0.6) is 0 Å². The molecule has 0 saturated heterocycles. The second kappa shape index (κ2) is 12.7. The summed E-state index contributed by atoms with van der Waals surface area (Å²) in [5.74, 6) is 0.799. The van der Waals surface area contributed by atoms with Crippen molar-refractivity contribution in [2.24, 2.45) is 4.99 Å². The Kier molecular flexibility index (Phi) is 12.5. The number of rotatable bonds is 9. The first-order chi connectivity index (χ1) is 11.3. The standard InChI is InChI=1S/C16H27F3N4S.HI/c1-4-20-15(23(3)11-8-14-7-5-12-24-14)21-9-6-10-22(2)13-16(17,18)19;/h5,7,12H,4,6,8-11,13H2,1-3H3,(H,20,21);1H.